The molecule has 0 bridgehead atoms. The lowest BCUT2D eigenvalue weighted by Gasteiger charge is -2.13. The molecule has 7 heteroatoms. The molecule has 18 heavy (non-hydrogen) atoms. The van der Waals surface area contributed by atoms with Crippen LogP contribution in [0.3, 0.4) is 0 Å². The van der Waals surface area contributed by atoms with Gasteiger partial charge in [-0.05, 0) is 29.3 Å². The van der Waals surface area contributed by atoms with Crippen molar-refractivity contribution in [2.75, 3.05) is 0 Å². The lowest BCUT2D eigenvalue weighted by atomic mass is 10.2. The number of nitrogens with zero attached hydrogens (tertiary/aromatic N) is 1. The molecule has 1 amide bonds. The van der Waals surface area contributed by atoms with Gasteiger partial charge in [-0.1, -0.05) is 13.3 Å². The lowest BCUT2D eigenvalue weighted by Crippen LogP contribution is -2.42. The fraction of sp³-hybridized carbons (Fsp3) is 0.545. The van der Waals surface area contributed by atoms with Crippen LogP contribution in [-0.2, 0) is 11.3 Å². The molecule has 1 rings (SSSR count). The van der Waals surface area contributed by atoms with Crippen LogP contribution in [0.1, 0.15) is 26.7 Å². The number of amides is 1. The number of rotatable bonds is 5. The molecule has 1 atom stereocenters. The third-order valence-corrected chi connectivity index (χ3v) is 3.02. The molecule has 0 aromatic carbocycles. The maximum atomic E-state index is 11.7. The van der Waals surface area contributed by atoms with E-state index in [1.165, 1.54) is 6.20 Å². The first kappa shape index (κ1) is 14.7. The van der Waals surface area contributed by atoms with E-state index in [1.54, 1.807) is 0 Å². The Hall–Kier alpha value is -1.37. The standard InChI is InChI=1S/C11H16BrN3O3/c1-3-4-7(2)14-9(16)6-15-10(17)8(12)5-13-11(15)18/h5,7H,3-4,6H2,1-2H3,(H,13,18)(H,14,16). The van der Waals surface area contributed by atoms with Gasteiger partial charge in [0.25, 0.3) is 5.56 Å². The molecule has 1 heterocycles. The van der Waals surface area contributed by atoms with Crippen LogP contribution in [0.4, 0.5) is 0 Å². The number of carbonyl (C=O) groups is 1. The summed E-state index contributed by atoms with van der Waals surface area (Å²) in [6.07, 6.45) is 3.08. The number of hydrogen-bond donors (Lipinski definition) is 2. The van der Waals surface area contributed by atoms with Crippen LogP contribution < -0.4 is 16.6 Å². The van der Waals surface area contributed by atoms with Crippen LogP contribution in [0, 0.1) is 0 Å². The van der Waals surface area contributed by atoms with E-state index in [0.29, 0.717) is 0 Å². The Morgan fingerprint density at radius 3 is 2.83 bits per heavy atom. The highest BCUT2D eigenvalue weighted by Gasteiger charge is 2.11. The number of hydrogen-bond acceptors (Lipinski definition) is 3. The zero-order chi connectivity index (χ0) is 13.7. The van der Waals surface area contributed by atoms with Gasteiger partial charge in [0.15, 0.2) is 0 Å². The van der Waals surface area contributed by atoms with Crippen molar-refractivity contribution in [3.05, 3.63) is 31.5 Å². The van der Waals surface area contributed by atoms with Gasteiger partial charge in [-0.15, -0.1) is 0 Å². The smallest absolute Gasteiger partial charge is 0.328 e. The van der Waals surface area contributed by atoms with Crippen LogP contribution in [0.15, 0.2) is 20.3 Å². The van der Waals surface area contributed by atoms with Crippen LogP contribution in [-0.4, -0.2) is 21.5 Å². The largest absolute Gasteiger partial charge is 0.352 e. The highest BCUT2D eigenvalue weighted by Crippen LogP contribution is 1.97. The predicted octanol–water partition coefficient (Wildman–Crippen LogP) is 0.604. The molecule has 0 aliphatic carbocycles. The molecule has 0 saturated carbocycles. The van der Waals surface area contributed by atoms with Gasteiger partial charge in [0.2, 0.25) is 5.91 Å². The zero-order valence-corrected chi connectivity index (χ0v) is 11.9. The van der Waals surface area contributed by atoms with Gasteiger partial charge >= 0.3 is 5.69 Å². The quantitative estimate of drug-likeness (QED) is 0.834. The Kier molecular flexibility index (Phi) is 5.33. The molecule has 0 aliphatic heterocycles. The Labute approximate surface area is 113 Å². The molecule has 1 unspecified atom stereocenters. The Balaban J connectivity index is 2.80. The Bertz CT molecular complexity index is 535. The van der Waals surface area contributed by atoms with Crippen molar-refractivity contribution in [3.63, 3.8) is 0 Å². The second-order valence-electron chi connectivity index (χ2n) is 4.09. The average Bonchev–Trinajstić information content (AvgIpc) is 2.30. The average molecular weight is 318 g/mol. The normalized spacial score (nSPS) is 12.2. The van der Waals surface area contributed by atoms with Gasteiger partial charge in [0.1, 0.15) is 6.54 Å². The van der Waals surface area contributed by atoms with Crippen LogP contribution >= 0.6 is 15.9 Å². The third kappa shape index (κ3) is 3.83. The Morgan fingerprint density at radius 1 is 1.56 bits per heavy atom. The molecule has 0 aliphatic rings. The van der Waals surface area contributed by atoms with Gasteiger partial charge in [0.05, 0.1) is 4.47 Å². The van der Waals surface area contributed by atoms with Gasteiger partial charge in [-0.25, -0.2) is 9.36 Å². The van der Waals surface area contributed by atoms with E-state index >= 15 is 0 Å². The molecular weight excluding hydrogens is 302 g/mol. The van der Waals surface area contributed by atoms with Gasteiger partial charge in [-0.3, -0.25) is 9.59 Å². The highest BCUT2D eigenvalue weighted by atomic mass is 79.9. The number of carbonyl (C=O) groups excluding carboxylic acids is 1. The minimum atomic E-state index is -0.596. The summed E-state index contributed by atoms with van der Waals surface area (Å²) in [5, 5.41) is 2.74. The van der Waals surface area contributed by atoms with E-state index in [1.807, 2.05) is 13.8 Å². The predicted molar refractivity (Wildman–Crippen MR) is 71.5 cm³/mol. The molecule has 1 aromatic rings. The summed E-state index contributed by atoms with van der Waals surface area (Å²) in [5.74, 6) is -0.346. The summed E-state index contributed by atoms with van der Waals surface area (Å²) in [5.41, 5.74) is -1.11. The maximum Gasteiger partial charge on any atom is 0.328 e. The molecular formula is C11H16BrN3O3. The molecule has 0 spiro atoms. The Morgan fingerprint density at radius 2 is 2.22 bits per heavy atom. The van der Waals surface area contributed by atoms with E-state index < -0.39 is 11.2 Å². The summed E-state index contributed by atoms with van der Waals surface area (Å²) >= 11 is 3.01. The first-order valence-corrected chi connectivity index (χ1v) is 6.52. The fourth-order valence-corrected chi connectivity index (χ4v) is 1.93. The van der Waals surface area contributed by atoms with Crippen molar-refractivity contribution >= 4 is 21.8 Å². The maximum absolute atomic E-state index is 11.7. The lowest BCUT2D eigenvalue weighted by molar-refractivity contribution is -0.122. The van der Waals surface area contributed by atoms with Gasteiger partial charge < -0.3 is 10.3 Å². The van der Waals surface area contributed by atoms with Crippen LogP contribution in [0.25, 0.3) is 0 Å². The van der Waals surface area contributed by atoms with Crippen molar-refractivity contribution in [1.29, 1.82) is 0 Å². The summed E-state index contributed by atoms with van der Waals surface area (Å²) < 4.78 is 1.08. The summed E-state index contributed by atoms with van der Waals surface area (Å²) in [6, 6.07) is 0.0319. The SMILES string of the molecule is CCCC(C)NC(=O)Cn1c(=O)[nH]cc(Br)c1=O. The molecule has 2 N–H and O–H groups in total. The monoisotopic (exact) mass is 317 g/mol. The van der Waals surface area contributed by atoms with E-state index in [4.69, 9.17) is 0 Å². The highest BCUT2D eigenvalue weighted by molar-refractivity contribution is 9.10. The molecule has 0 saturated heterocycles. The van der Waals surface area contributed by atoms with Crippen molar-refractivity contribution in [1.82, 2.24) is 14.9 Å². The van der Waals surface area contributed by atoms with Crippen molar-refractivity contribution < 1.29 is 4.79 Å². The number of nitrogens with one attached hydrogen (secondary N) is 2. The van der Waals surface area contributed by atoms with E-state index in [9.17, 15) is 14.4 Å². The first-order valence-electron chi connectivity index (χ1n) is 5.73. The minimum absolute atomic E-state index is 0.0319. The third-order valence-electron chi connectivity index (χ3n) is 2.45. The van der Waals surface area contributed by atoms with Crippen molar-refractivity contribution in [2.24, 2.45) is 0 Å². The van der Waals surface area contributed by atoms with Gasteiger partial charge in [0, 0.05) is 12.2 Å². The molecule has 6 nitrogen and oxygen atoms in total. The van der Waals surface area contributed by atoms with E-state index in [0.717, 1.165) is 17.4 Å². The second-order valence-corrected chi connectivity index (χ2v) is 4.94. The van der Waals surface area contributed by atoms with Crippen molar-refractivity contribution in [3.8, 4) is 0 Å². The topological polar surface area (TPSA) is 84.0 Å². The molecule has 1 aromatic heterocycles. The van der Waals surface area contributed by atoms with E-state index in [2.05, 4.69) is 26.2 Å². The number of aromatic nitrogens is 2. The molecule has 0 radical (unpaired) electrons. The van der Waals surface area contributed by atoms with Crippen LogP contribution in [0.5, 0.6) is 0 Å². The number of H-pyrrole nitrogens is 1. The molecule has 100 valence electrons. The zero-order valence-electron chi connectivity index (χ0n) is 10.3. The van der Waals surface area contributed by atoms with Crippen LogP contribution in [0.2, 0.25) is 0 Å². The number of aromatic amines is 1. The summed E-state index contributed by atoms with van der Waals surface area (Å²) in [6.45, 7) is 3.63. The second kappa shape index (κ2) is 6.53. The van der Waals surface area contributed by atoms with E-state index in [-0.39, 0.29) is 23.0 Å². The van der Waals surface area contributed by atoms with Crippen molar-refractivity contribution in [2.45, 2.75) is 39.3 Å². The number of halogens is 1. The summed E-state index contributed by atoms with van der Waals surface area (Å²) in [4.78, 5) is 37.1. The first-order chi connectivity index (χ1) is 8.45. The summed E-state index contributed by atoms with van der Waals surface area (Å²) in [7, 11) is 0. The van der Waals surface area contributed by atoms with Gasteiger partial charge in [-0.2, -0.15) is 0 Å². The molecule has 0 fully saturated rings. The fourth-order valence-electron chi connectivity index (χ4n) is 1.60. The minimum Gasteiger partial charge on any atom is -0.352 e.